The van der Waals surface area contributed by atoms with Crippen LogP contribution in [0.4, 0.5) is 0 Å². The Morgan fingerprint density at radius 2 is 2.12 bits per heavy atom. The molecule has 1 unspecified atom stereocenters. The normalized spacial score (nSPS) is 19.0. The van der Waals surface area contributed by atoms with Gasteiger partial charge in [0.1, 0.15) is 0 Å². The minimum atomic E-state index is 0.368. The first-order valence-corrected chi connectivity index (χ1v) is 8.35. The average Bonchev–Trinajstić information content (AvgIpc) is 2.90. The van der Waals surface area contributed by atoms with E-state index in [0.717, 1.165) is 42.9 Å². The lowest BCUT2D eigenvalue weighted by atomic mass is 10.0. The quantitative estimate of drug-likeness (QED) is 0.797. The SMILES string of the molecule is Cc1nn(C)c2ncc(CN3CCNCC3c3ccncc3)cc12. The predicted octanol–water partition coefficient (Wildman–Crippen LogP) is 1.82. The van der Waals surface area contributed by atoms with Crippen molar-refractivity contribution >= 4 is 11.0 Å². The Bertz CT molecular complexity index is 841. The highest BCUT2D eigenvalue weighted by Gasteiger charge is 2.24. The number of nitrogens with one attached hydrogen (secondary N) is 1. The van der Waals surface area contributed by atoms with Crippen LogP contribution in [0.5, 0.6) is 0 Å². The lowest BCUT2D eigenvalue weighted by molar-refractivity contribution is 0.153. The molecule has 1 atom stereocenters. The molecule has 0 saturated carbocycles. The molecule has 0 spiro atoms. The number of nitrogens with zero attached hydrogens (tertiary/aromatic N) is 5. The summed E-state index contributed by atoms with van der Waals surface area (Å²) in [5.74, 6) is 0. The van der Waals surface area contributed by atoms with Crippen molar-refractivity contribution in [2.45, 2.75) is 19.5 Å². The van der Waals surface area contributed by atoms with E-state index in [1.165, 1.54) is 11.1 Å². The molecular formula is C18H22N6. The van der Waals surface area contributed by atoms with Crippen molar-refractivity contribution in [1.82, 2.24) is 30.0 Å². The molecule has 3 aromatic heterocycles. The maximum absolute atomic E-state index is 4.61. The topological polar surface area (TPSA) is 58.9 Å². The number of fused-ring (bicyclic) bond motifs is 1. The summed E-state index contributed by atoms with van der Waals surface area (Å²) < 4.78 is 1.85. The van der Waals surface area contributed by atoms with E-state index in [-0.39, 0.29) is 0 Å². The van der Waals surface area contributed by atoms with Crippen LogP contribution in [0.25, 0.3) is 11.0 Å². The van der Waals surface area contributed by atoms with E-state index in [9.17, 15) is 0 Å². The third-order valence-corrected chi connectivity index (χ3v) is 4.75. The van der Waals surface area contributed by atoms with Crippen LogP contribution in [-0.2, 0) is 13.6 Å². The van der Waals surface area contributed by atoms with Crippen LogP contribution in [0.15, 0.2) is 36.8 Å². The second kappa shape index (κ2) is 6.30. The lowest BCUT2D eigenvalue weighted by Crippen LogP contribution is -2.45. The smallest absolute Gasteiger partial charge is 0.157 e. The van der Waals surface area contributed by atoms with Crippen LogP contribution in [0.2, 0.25) is 0 Å². The molecule has 1 aliphatic heterocycles. The Labute approximate surface area is 141 Å². The summed E-state index contributed by atoms with van der Waals surface area (Å²) >= 11 is 0. The maximum atomic E-state index is 4.61. The number of aryl methyl sites for hydroxylation is 2. The summed E-state index contributed by atoms with van der Waals surface area (Å²) in [6.07, 6.45) is 5.72. The molecule has 6 nitrogen and oxygen atoms in total. The zero-order chi connectivity index (χ0) is 16.5. The number of hydrogen-bond donors (Lipinski definition) is 1. The Morgan fingerprint density at radius 3 is 2.96 bits per heavy atom. The average molecular weight is 322 g/mol. The molecular weight excluding hydrogens is 300 g/mol. The Balaban J connectivity index is 1.62. The van der Waals surface area contributed by atoms with E-state index in [1.54, 1.807) is 0 Å². The van der Waals surface area contributed by atoms with Gasteiger partial charge >= 0.3 is 0 Å². The van der Waals surface area contributed by atoms with Crippen molar-refractivity contribution in [3.8, 4) is 0 Å². The predicted molar refractivity (Wildman–Crippen MR) is 93.5 cm³/mol. The molecule has 6 heteroatoms. The van der Waals surface area contributed by atoms with E-state index in [2.05, 4.69) is 43.5 Å². The highest BCUT2D eigenvalue weighted by molar-refractivity contribution is 5.78. The highest BCUT2D eigenvalue weighted by Crippen LogP contribution is 2.25. The fourth-order valence-electron chi connectivity index (χ4n) is 3.52. The zero-order valence-corrected chi connectivity index (χ0v) is 14.1. The molecule has 0 amide bonds. The van der Waals surface area contributed by atoms with Crippen molar-refractivity contribution in [2.75, 3.05) is 19.6 Å². The summed E-state index contributed by atoms with van der Waals surface area (Å²) in [7, 11) is 1.94. The van der Waals surface area contributed by atoms with Gasteiger partial charge in [0.05, 0.1) is 5.69 Å². The summed E-state index contributed by atoms with van der Waals surface area (Å²) in [5.41, 5.74) is 4.53. The van der Waals surface area contributed by atoms with Crippen molar-refractivity contribution in [3.63, 3.8) is 0 Å². The van der Waals surface area contributed by atoms with Crippen LogP contribution in [0, 0.1) is 6.92 Å². The van der Waals surface area contributed by atoms with Crippen LogP contribution >= 0.6 is 0 Å². The van der Waals surface area contributed by atoms with Crippen LogP contribution in [0.1, 0.15) is 22.9 Å². The van der Waals surface area contributed by atoms with E-state index in [4.69, 9.17) is 0 Å². The van der Waals surface area contributed by atoms with Gasteiger partial charge in [-0.3, -0.25) is 14.6 Å². The Hall–Kier alpha value is -2.31. The van der Waals surface area contributed by atoms with Crippen LogP contribution < -0.4 is 5.32 Å². The van der Waals surface area contributed by atoms with E-state index in [0.29, 0.717) is 6.04 Å². The molecule has 1 aliphatic rings. The summed E-state index contributed by atoms with van der Waals surface area (Å²) in [5, 5.41) is 9.11. The van der Waals surface area contributed by atoms with E-state index in [1.807, 2.05) is 37.2 Å². The van der Waals surface area contributed by atoms with Gasteiger partial charge in [0.2, 0.25) is 0 Å². The molecule has 0 radical (unpaired) electrons. The molecule has 0 bridgehead atoms. The number of piperazine rings is 1. The van der Waals surface area contributed by atoms with Gasteiger partial charge in [-0.15, -0.1) is 0 Å². The molecule has 3 aromatic rings. The molecule has 0 aliphatic carbocycles. The number of pyridine rings is 2. The molecule has 1 saturated heterocycles. The van der Waals surface area contributed by atoms with Gasteiger partial charge in [0, 0.05) is 63.2 Å². The van der Waals surface area contributed by atoms with Gasteiger partial charge in [-0.25, -0.2) is 4.98 Å². The van der Waals surface area contributed by atoms with Gasteiger partial charge in [-0.1, -0.05) is 0 Å². The third kappa shape index (κ3) is 2.79. The first kappa shape index (κ1) is 15.2. The summed E-state index contributed by atoms with van der Waals surface area (Å²) in [6, 6.07) is 6.82. The van der Waals surface area contributed by atoms with Crippen LogP contribution in [0.3, 0.4) is 0 Å². The molecule has 124 valence electrons. The summed E-state index contributed by atoms with van der Waals surface area (Å²) in [6.45, 7) is 5.94. The molecule has 4 heterocycles. The monoisotopic (exact) mass is 322 g/mol. The zero-order valence-electron chi connectivity index (χ0n) is 14.1. The van der Waals surface area contributed by atoms with Crippen molar-refractivity contribution in [2.24, 2.45) is 7.05 Å². The molecule has 1 N–H and O–H groups in total. The van der Waals surface area contributed by atoms with E-state index < -0.39 is 0 Å². The fraction of sp³-hybridized carbons (Fsp3) is 0.389. The largest absolute Gasteiger partial charge is 0.314 e. The third-order valence-electron chi connectivity index (χ3n) is 4.75. The minimum absolute atomic E-state index is 0.368. The second-order valence-electron chi connectivity index (χ2n) is 6.39. The number of hydrogen-bond acceptors (Lipinski definition) is 5. The Morgan fingerprint density at radius 1 is 1.29 bits per heavy atom. The molecule has 4 rings (SSSR count). The molecule has 24 heavy (non-hydrogen) atoms. The number of aromatic nitrogens is 4. The molecule has 0 aromatic carbocycles. The first-order valence-electron chi connectivity index (χ1n) is 8.35. The van der Waals surface area contributed by atoms with Gasteiger partial charge in [-0.2, -0.15) is 5.10 Å². The molecule has 1 fully saturated rings. The van der Waals surface area contributed by atoms with Crippen molar-refractivity contribution in [3.05, 3.63) is 53.6 Å². The van der Waals surface area contributed by atoms with E-state index >= 15 is 0 Å². The van der Waals surface area contributed by atoms with Gasteiger partial charge < -0.3 is 5.32 Å². The summed E-state index contributed by atoms with van der Waals surface area (Å²) in [4.78, 5) is 11.3. The van der Waals surface area contributed by atoms with Gasteiger partial charge in [0.25, 0.3) is 0 Å². The first-order chi connectivity index (χ1) is 11.7. The minimum Gasteiger partial charge on any atom is -0.314 e. The Kier molecular flexibility index (Phi) is 4.00. The maximum Gasteiger partial charge on any atom is 0.157 e. The van der Waals surface area contributed by atoms with Crippen LogP contribution in [-0.4, -0.2) is 44.3 Å². The second-order valence-corrected chi connectivity index (χ2v) is 6.39. The lowest BCUT2D eigenvalue weighted by Gasteiger charge is -2.36. The van der Waals surface area contributed by atoms with Gasteiger partial charge in [0.15, 0.2) is 5.65 Å². The highest BCUT2D eigenvalue weighted by atomic mass is 15.3. The van der Waals surface area contributed by atoms with Crippen molar-refractivity contribution in [1.29, 1.82) is 0 Å². The standard InChI is InChI=1S/C18H22N6/c1-13-16-9-14(10-21-18(16)23(2)22-13)12-24-8-7-20-11-17(24)15-3-5-19-6-4-15/h3-6,9-10,17,20H,7-8,11-12H2,1-2H3. The fourth-order valence-corrected chi connectivity index (χ4v) is 3.52. The van der Waals surface area contributed by atoms with Crippen molar-refractivity contribution < 1.29 is 0 Å². The number of rotatable bonds is 3. The van der Waals surface area contributed by atoms with Gasteiger partial charge in [-0.05, 0) is 36.2 Å².